The first kappa shape index (κ1) is 16.6. The maximum Gasteiger partial charge on any atom is 0.227 e. The molecule has 2 unspecified atom stereocenters. The van der Waals surface area contributed by atoms with Crippen molar-refractivity contribution >= 4 is 45.0 Å². The molecular formula is C15H15BrCl2N2O. The standard InChI is InChI=1S/C15H15BrCl2N2O/c16-12-6-2-1-4-10(12)11-5-3-7-15(17,18)13(11)14(21)20-9-8-19/h1-2,4,6,11,13H,3,5,7,9H2,(H,20,21). The number of nitriles is 1. The van der Waals surface area contributed by atoms with Gasteiger partial charge >= 0.3 is 0 Å². The zero-order chi connectivity index (χ0) is 15.5. The highest BCUT2D eigenvalue weighted by atomic mass is 79.9. The minimum absolute atomic E-state index is 0.0398. The van der Waals surface area contributed by atoms with Crippen molar-refractivity contribution in [2.45, 2.75) is 29.5 Å². The number of nitrogens with zero attached hydrogens (tertiary/aromatic N) is 1. The molecule has 3 nitrogen and oxygen atoms in total. The fourth-order valence-electron chi connectivity index (χ4n) is 2.90. The van der Waals surface area contributed by atoms with Gasteiger partial charge < -0.3 is 5.32 Å². The summed E-state index contributed by atoms with van der Waals surface area (Å²) in [6.45, 7) is -0.0398. The Morgan fingerprint density at radius 2 is 2.19 bits per heavy atom. The molecule has 2 rings (SSSR count). The molecule has 1 aliphatic carbocycles. The number of carbonyl (C=O) groups excluding carboxylic acids is 1. The number of nitrogens with one attached hydrogen (secondary N) is 1. The number of halogens is 3. The number of rotatable bonds is 3. The zero-order valence-electron chi connectivity index (χ0n) is 11.3. The number of hydrogen-bond acceptors (Lipinski definition) is 2. The summed E-state index contributed by atoms with van der Waals surface area (Å²) >= 11 is 16.4. The fraction of sp³-hybridized carbons (Fsp3) is 0.467. The van der Waals surface area contributed by atoms with Gasteiger partial charge in [-0.2, -0.15) is 5.26 Å². The van der Waals surface area contributed by atoms with Crippen LogP contribution in [-0.4, -0.2) is 16.8 Å². The predicted octanol–water partition coefficient (Wildman–Crippen LogP) is 4.15. The lowest BCUT2D eigenvalue weighted by Gasteiger charge is -2.39. The predicted molar refractivity (Wildman–Crippen MR) is 87.3 cm³/mol. The van der Waals surface area contributed by atoms with Crippen LogP contribution in [0.2, 0.25) is 0 Å². The van der Waals surface area contributed by atoms with Crippen LogP contribution in [0.15, 0.2) is 28.7 Å². The summed E-state index contributed by atoms with van der Waals surface area (Å²) in [5.74, 6) is -0.897. The molecule has 6 heteroatoms. The van der Waals surface area contributed by atoms with Crippen LogP contribution < -0.4 is 5.32 Å². The summed E-state index contributed by atoms with van der Waals surface area (Å²) in [5.41, 5.74) is 1.03. The van der Waals surface area contributed by atoms with Crippen molar-refractivity contribution in [1.82, 2.24) is 5.32 Å². The first-order chi connectivity index (χ1) is 9.97. The highest BCUT2D eigenvalue weighted by molar-refractivity contribution is 9.10. The molecule has 1 N–H and O–H groups in total. The number of alkyl halides is 2. The van der Waals surface area contributed by atoms with Crippen LogP contribution in [0.5, 0.6) is 0 Å². The average Bonchev–Trinajstić information content (AvgIpc) is 2.44. The lowest BCUT2D eigenvalue weighted by atomic mass is 9.74. The lowest BCUT2D eigenvalue weighted by molar-refractivity contribution is -0.126. The van der Waals surface area contributed by atoms with Gasteiger partial charge in [0.1, 0.15) is 10.9 Å². The SMILES string of the molecule is N#CCNC(=O)C1C(c2ccccc2Br)CCCC1(Cl)Cl. The fourth-order valence-corrected chi connectivity index (χ4v) is 4.24. The molecule has 0 spiro atoms. The molecule has 21 heavy (non-hydrogen) atoms. The second-order valence-corrected chi connectivity index (χ2v) is 7.53. The Balaban J connectivity index is 2.35. The van der Waals surface area contributed by atoms with Crippen LogP contribution in [0, 0.1) is 17.2 Å². The van der Waals surface area contributed by atoms with Gasteiger partial charge in [-0.25, -0.2) is 0 Å². The minimum Gasteiger partial charge on any atom is -0.343 e. The van der Waals surface area contributed by atoms with Crippen molar-refractivity contribution in [3.05, 3.63) is 34.3 Å². The lowest BCUT2D eigenvalue weighted by Crippen LogP contribution is -2.46. The van der Waals surface area contributed by atoms with Gasteiger partial charge in [-0.05, 0) is 36.8 Å². The van der Waals surface area contributed by atoms with E-state index in [0.29, 0.717) is 6.42 Å². The molecule has 0 bridgehead atoms. The van der Waals surface area contributed by atoms with Gasteiger partial charge in [0.15, 0.2) is 0 Å². The largest absolute Gasteiger partial charge is 0.343 e. The Morgan fingerprint density at radius 3 is 2.86 bits per heavy atom. The second kappa shape index (κ2) is 7.00. The minimum atomic E-state index is -1.11. The molecule has 1 aromatic carbocycles. The van der Waals surface area contributed by atoms with E-state index in [1.165, 1.54) is 0 Å². The van der Waals surface area contributed by atoms with Crippen molar-refractivity contribution in [2.24, 2.45) is 5.92 Å². The van der Waals surface area contributed by atoms with E-state index in [1.54, 1.807) is 0 Å². The number of benzene rings is 1. The zero-order valence-corrected chi connectivity index (χ0v) is 14.4. The maximum atomic E-state index is 12.4. The summed E-state index contributed by atoms with van der Waals surface area (Å²) in [5, 5.41) is 11.2. The monoisotopic (exact) mass is 388 g/mol. The van der Waals surface area contributed by atoms with E-state index in [2.05, 4.69) is 21.2 Å². The van der Waals surface area contributed by atoms with Crippen LogP contribution in [0.1, 0.15) is 30.7 Å². The molecule has 112 valence electrons. The molecule has 1 aromatic rings. The molecule has 1 aliphatic rings. The van der Waals surface area contributed by atoms with Gasteiger partial charge in [-0.1, -0.05) is 34.1 Å². The van der Waals surface area contributed by atoms with Gasteiger partial charge in [0.2, 0.25) is 5.91 Å². The molecule has 0 aliphatic heterocycles. The Morgan fingerprint density at radius 1 is 1.48 bits per heavy atom. The Kier molecular flexibility index (Phi) is 5.54. The summed E-state index contributed by atoms with van der Waals surface area (Å²) in [4.78, 5) is 12.4. The van der Waals surface area contributed by atoms with Crippen LogP contribution in [-0.2, 0) is 4.79 Å². The van der Waals surface area contributed by atoms with E-state index >= 15 is 0 Å². The smallest absolute Gasteiger partial charge is 0.227 e. The molecule has 0 heterocycles. The van der Waals surface area contributed by atoms with Crippen molar-refractivity contribution in [1.29, 1.82) is 5.26 Å². The normalized spacial score (nSPS) is 24.1. The van der Waals surface area contributed by atoms with Crippen molar-refractivity contribution in [3.8, 4) is 6.07 Å². The second-order valence-electron chi connectivity index (χ2n) is 5.13. The van der Waals surface area contributed by atoms with Crippen LogP contribution in [0.4, 0.5) is 0 Å². The molecule has 1 fully saturated rings. The third-order valence-electron chi connectivity index (χ3n) is 3.81. The maximum absolute atomic E-state index is 12.4. The van der Waals surface area contributed by atoms with Gasteiger partial charge in [0.05, 0.1) is 12.0 Å². The van der Waals surface area contributed by atoms with E-state index in [1.807, 2.05) is 30.3 Å². The molecule has 1 amide bonds. The third-order valence-corrected chi connectivity index (χ3v) is 5.38. The van der Waals surface area contributed by atoms with E-state index in [4.69, 9.17) is 28.5 Å². The molecule has 0 radical (unpaired) electrons. The Labute approximate surface area is 142 Å². The quantitative estimate of drug-likeness (QED) is 0.623. The Hall–Kier alpha value is -0.760. The molecule has 1 saturated carbocycles. The summed E-state index contributed by atoms with van der Waals surface area (Å²) in [6, 6.07) is 9.69. The van der Waals surface area contributed by atoms with Crippen molar-refractivity contribution in [2.75, 3.05) is 6.54 Å². The number of amides is 1. The van der Waals surface area contributed by atoms with Crippen molar-refractivity contribution < 1.29 is 4.79 Å². The molecule has 0 saturated heterocycles. The molecule has 0 aromatic heterocycles. The van der Waals surface area contributed by atoms with E-state index in [0.717, 1.165) is 22.9 Å². The molecular weight excluding hydrogens is 375 g/mol. The number of hydrogen-bond donors (Lipinski definition) is 1. The highest BCUT2D eigenvalue weighted by Crippen LogP contribution is 2.50. The van der Waals surface area contributed by atoms with Gasteiger partial charge in [0, 0.05) is 4.47 Å². The highest BCUT2D eigenvalue weighted by Gasteiger charge is 2.48. The van der Waals surface area contributed by atoms with Crippen LogP contribution in [0.3, 0.4) is 0 Å². The van der Waals surface area contributed by atoms with E-state index in [-0.39, 0.29) is 18.4 Å². The third kappa shape index (κ3) is 3.71. The van der Waals surface area contributed by atoms with Crippen LogP contribution >= 0.6 is 39.1 Å². The van der Waals surface area contributed by atoms with Gasteiger partial charge in [0.25, 0.3) is 0 Å². The average molecular weight is 390 g/mol. The van der Waals surface area contributed by atoms with E-state index < -0.39 is 10.3 Å². The van der Waals surface area contributed by atoms with Crippen LogP contribution in [0.25, 0.3) is 0 Å². The first-order valence-corrected chi connectivity index (χ1v) is 8.29. The molecule has 2 atom stereocenters. The van der Waals surface area contributed by atoms with E-state index in [9.17, 15) is 4.79 Å². The Bertz CT molecular complexity index is 571. The summed E-state index contributed by atoms with van der Waals surface area (Å²) < 4.78 is -0.170. The van der Waals surface area contributed by atoms with Gasteiger partial charge in [-0.3, -0.25) is 4.79 Å². The summed E-state index contributed by atoms with van der Waals surface area (Å²) in [7, 11) is 0. The van der Waals surface area contributed by atoms with Crippen molar-refractivity contribution in [3.63, 3.8) is 0 Å². The van der Waals surface area contributed by atoms with Gasteiger partial charge in [-0.15, -0.1) is 23.2 Å². The number of carbonyl (C=O) groups is 1. The first-order valence-electron chi connectivity index (χ1n) is 6.74. The topological polar surface area (TPSA) is 52.9 Å². The summed E-state index contributed by atoms with van der Waals surface area (Å²) in [6.07, 6.45) is 2.27.